The summed E-state index contributed by atoms with van der Waals surface area (Å²) in [5, 5.41) is 0. The molecule has 0 rings (SSSR count). The van der Waals surface area contributed by atoms with Gasteiger partial charge in [-0.3, -0.25) is 0 Å². The molecule has 0 saturated heterocycles. The van der Waals surface area contributed by atoms with E-state index in [1.54, 1.807) is 6.08 Å². The number of esters is 1. The Bertz CT molecular complexity index is 157. The van der Waals surface area contributed by atoms with Gasteiger partial charge in [0, 0.05) is 0 Å². The van der Waals surface area contributed by atoms with Crippen LogP contribution < -0.4 is 17.0 Å². The Morgan fingerprint density at radius 2 is 2.08 bits per heavy atom. The van der Waals surface area contributed by atoms with Crippen molar-refractivity contribution in [1.29, 1.82) is 0 Å². The van der Waals surface area contributed by atoms with Crippen molar-refractivity contribution in [3.63, 3.8) is 0 Å². The molecule has 12 heavy (non-hydrogen) atoms. The number of methoxy groups -OCH3 is 1. The molecule has 0 bridgehead atoms. The van der Waals surface area contributed by atoms with Crippen LogP contribution in [-0.2, 0) is 9.53 Å². The van der Waals surface area contributed by atoms with Gasteiger partial charge in [-0.25, -0.2) is 4.79 Å². The van der Waals surface area contributed by atoms with E-state index >= 15 is 0 Å². The first-order valence-corrected chi connectivity index (χ1v) is 3.51. The molecule has 0 amide bonds. The van der Waals surface area contributed by atoms with Gasteiger partial charge in [-0.05, 0) is 6.08 Å². The Balaban J connectivity index is 0. The molecule has 0 aliphatic carbocycles. The SMILES string of the molecule is C=CC[N+](C)(C)CC(=O)OC.[Br-]. The van der Waals surface area contributed by atoms with Gasteiger partial charge in [0.15, 0.2) is 6.54 Å². The van der Waals surface area contributed by atoms with Crippen LogP contribution in [0.4, 0.5) is 0 Å². The highest BCUT2D eigenvalue weighted by atomic mass is 79.9. The minimum Gasteiger partial charge on any atom is -1.00 e. The second kappa shape index (κ2) is 6.20. The molecule has 0 radical (unpaired) electrons. The second-order valence-electron chi connectivity index (χ2n) is 3.14. The number of rotatable bonds is 4. The zero-order valence-electron chi connectivity index (χ0n) is 7.84. The second-order valence-corrected chi connectivity index (χ2v) is 3.14. The summed E-state index contributed by atoms with van der Waals surface area (Å²) in [4.78, 5) is 10.8. The molecule has 72 valence electrons. The fraction of sp³-hybridized carbons (Fsp3) is 0.625. The third-order valence-electron chi connectivity index (χ3n) is 1.41. The van der Waals surface area contributed by atoms with Crippen LogP contribution in [0.15, 0.2) is 12.7 Å². The molecule has 0 aromatic rings. The fourth-order valence-electron chi connectivity index (χ4n) is 0.828. The monoisotopic (exact) mass is 237 g/mol. The average Bonchev–Trinajstić information content (AvgIpc) is 1.86. The lowest BCUT2D eigenvalue weighted by Crippen LogP contribution is -3.00. The highest BCUT2D eigenvalue weighted by molar-refractivity contribution is 5.70. The molecule has 3 nitrogen and oxygen atoms in total. The minimum absolute atomic E-state index is 0. The summed E-state index contributed by atoms with van der Waals surface area (Å²) < 4.78 is 5.14. The molecule has 4 heteroatoms. The van der Waals surface area contributed by atoms with Crippen LogP contribution in [-0.4, -0.2) is 44.7 Å². The van der Waals surface area contributed by atoms with Crippen molar-refractivity contribution in [2.24, 2.45) is 0 Å². The Kier molecular flexibility index (Phi) is 7.33. The molecule has 0 spiro atoms. The molecule has 0 aliphatic rings. The summed E-state index contributed by atoms with van der Waals surface area (Å²) in [5.41, 5.74) is 0. The van der Waals surface area contributed by atoms with E-state index < -0.39 is 0 Å². The van der Waals surface area contributed by atoms with Crippen molar-refractivity contribution in [1.82, 2.24) is 0 Å². The number of hydrogen-bond donors (Lipinski definition) is 0. The topological polar surface area (TPSA) is 26.3 Å². The van der Waals surface area contributed by atoms with Gasteiger partial charge < -0.3 is 26.2 Å². The van der Waals surface area contributed by atoms with Gasteiger partial charge >= 0.3 is 5.97 Å². The van der Waals surface area contributed by atoms with Gasteiger partial charge in [-0.15, -0.1) is 0 Å². The quantitative estimate of drug-likeness (QED) is 0.305. The summed E-state index contributed by atoms with van der Waals surface area (Å²) in [6.45, 7) is 4.78. The number of quaternary nitrogens is 1. The zero-order chi connectivity index (χ0) is 8.91. The van der Waals surface area contributed by atoms with Crippen molar-refractivity contribution >= 4 is 5.97 Å². The number of likely N-dealkylation sites (N-methyl/N-ethyl adjacent to an activating group) is 1. The van der Waals surface area contributed by atoms with Crippen LogP contribution in [0.5, 0.6) is 0 Å². The summed E-state index contributed by atoms with van der Waals surface area (Å²) >= 11 is 0. The molecular formula is C8H16BrNO2. The molecule has 0 N–H and O–H groups in total. The van der Waals surface area contributed by atoms with Crippen LogP contribution in [0.2, 0.25) is 0 Å². The van der Waals surface area contributed by atoms with E-state index in [-0.39, 0.29) is 23.0 Å². The maximum Gasteiger partial charge on any atom is 0.361 e. The van der Waals surface area contributed by atoms with Gasteiger partial charge in [0.05, 0.1) is 27.7 Å². The minimum atomic E-state index is -0.183. The van der Waals surface area contributed by atoms with Crippen molar-refractivity contribution in [3.8, 4) is 0 Å². The van der Waals surface area contributed by atoms with Gasteiger partial charge in [-0.1, -0.05) is 6.58 Å². The van der Waals surface area contributed by atoms with Crippen molar-refractivity contribution in [3.05, 3.63) is 12.7 Å². The smallest absolute Gasteiger partial charge is 0.361 e. The van der Waals surface area contributed by atoms with E-state index in [1.807, 2.05) is 14.1 Å². The predicted octanol–water partition coefficient (Wildman–Crippen LogP) is -2.57. The Labute approximate surface area is 84.4 Å². The molecular weight excluding hydrogens is 222 g/mol. The maximum absolute atomic E-state index is 10.8. The number of nitrogens with zero attached hydrogens (tertiary/aromatic N) is 1. The molecule has 0 saturated carbocycles. The Morgan fingerprint density at radius 3 is 2.42 bits per heavy atom. The summed E-state index contributed by atoms with van der Waals surface area (Å²) in [7, 11) is 5.31. The molecule has 0 heterocycles. The van der Waals surface area contributed by atoms with Gasteiger partial charge in [0.1, 0.15) is 0 Å². The molecule has 0 aromatic heterocycles. The standard InChI is InChI=1S/C8H16NO2.BrH/c1-5-6-9(2,3)7-8(10)11-4;/h5H,1,6-7H2,2-4H3;1H/q+1;/p-1. The van der Waals surface area contributed by atoms with Gasteiger partial charge in [0.2, 0.25) is 0 Å². The predicted molar refractivity (Wildman–Crippen MR) is 44.1 cm³/mol. The van der Waals surface area contributed by atoms with Gasteiger partial charge in [-0.2, -0.15) is 0 Å². The summed E-state index contributed by atoms with van der Waals surface area (Å²) in [6, 6.07) is 0. The largest absolute Gasteiger partial charge is 1.00 e. The van der Waals surface area contributed by atoms with Crippen LogP contribution in [0.1, 0.15) is 0 Å². The van der Waals surface area contributed by atoms with Crippen LogP contribution in [0, 0.1) is 0 Å². The average molecular weight is 238 g/mol. The lowest BCUT2D eigenvalue weighted by Gasteiger charge is -2.26. The number of carbonyl (C=O) groups is 1. The normalized spacial score (nSPS) is 9.92. The van der Waals surface area contributed by atoms with Crippen LogP contribution >= 0.6 is 0 Å². The van der Waals surface area contributed by atoms with Crippen LogP contribution in [0.25, 0.3) is 0 Å². The van der Waals surface area contributed by atoms with Crippen LogP contribution in [0.3, 0.4) is 0 Å². The highest BCUT2D eigenvalue weighted by Gasteiger charge is 2.18. The van der Waals surface area contributed by atoms with Gasteiger partial charge in [0.25, 0.3) is 0 Å². The fourth-order valence-corrected chi connectivity index (χ4v) is 0.828. The number of carbonyl (C=O) groups excluding carboxylic acids is 1. The van der Waals surface area contributed by atoms with E-state index in [9.17, 15) is 4.79 Å². The van der Waals surface area contributed by atoms with E-state index in [2.05, 4.69) is 11.3 Å². The van der Waals surface area contributed by atoms with E-state index in [0.29, 0.717) is 11.0 Å². The van der Waals surface area contributed by atoms with Crippen molar-refractivity contribution < 1.29 is 31.0 Å². The van der Waals surface area contributed by atoms with Crippen molar-refractivity contribution in [2.45, 2.75) is 0 Å². The number of hydrogen-bond acceptors (Lipinski definition) is 2. The van der Waals surface area contributed by atoms with E-state index in [0.717, 1.165) is 6.54 Å². The molecule has 0 aliphatic heterocycles. The lowest BCUT2D eigenvalue weighted by molar-refractivity contribution is -0.877. The summed E-state index contributed by atoms with van der Waals surface area (Å²) in [5.74, 6) is -0.183. The zero-order valence-corrected chi connectivity index (χ0v) is 9.43. The number of halogens is 1. The summed E-state index contributed by atoms with van der Waals surface area (Å²) in [6.07, 6.45) is 1.79. The molecule has 0 unspecified atom stereocenters. The van der Waals surface area contributed by atoms with E-state index in [1.165, 1.54) is 7.11 Å². The third kappa shape index (κ3) is 6.37. The first kappa shape index (κ1) is 14.2. The molecule has 0 atom stereocenters. The third-order valence-corrected chi connectivity index (χ3v) is 1.41. The maximum atomic E-state index is 10.8. The first-order valence-electron chi connectivity index (χ1n) is 3.51. The highest BCUT2D eigenvalue weighted by Crippen LogP contribution is 1.96. The molecule has 0 fully saturated rings. The lowest BCUT2D eigenvalue weighted by atomic mass is 10.4. The Morgan fingerprint density at radius 1 is 1.58 bits per heavy atom. The molecule has 0 aromatic carbocycles. The Hall–Kier alpha value is -0.350. The van der Waals surface area contributed by atoms with Crippen molar-refractivity contribution in [2.75, 3.05) is 34.3 Å². The van der Waals surface area contributed by atoms with E-state index in [4.69, 9.17) is 0 Å². The first-order chi connectivity index (χ1) is 5.02. The number of ether oxygens (including phenoxy) is 1.